The molecule has 1 aliphatic carbocycles. The molecule has 0 spiro atoms. The summed E-state index contributed by atoms with van der Waals surface area (Å²) in [5.74, 6) is 0.817. The standard InChI is InChI=1S/C7H8ClN3/c8-6-3-10-7(4-9-6)11-5-1-2-5/h3-5H,1-2H2,(H,10,11). The van der Waals surface area contributed by atoms with Gasteiger partial charge in [0.25, 0.3) is 0 Å². The molecule has 0 aliphatic heterocycles. The molecule has 2 rings (SSSR count). The van der Waals surface area contributed by atoms with Crippen LogP contribution >= 0.6 is 11.6 Å². The summed E-state index contributed by atoms with van der Waals surface area (Å²) in [7, 11) is 0. The second-order valence-electron chi connectivity index (χ2n) is 2.64. The number of rotatable bonds is 2. The minimum absolute atomic E-state index is 0.436. The lowest BCUT2D eigenvalue weighted by Crippen LogP contribution is -2.02. The Morgan fingerprint density at radius 3 is 2.73 bits per heavy atom. The second-order valence-corrected chi connectivity index (χ2v) is 3.03. The maximum atomic E-state index is 5.56. The van der Waals surface area contributed by atoms with Crippen LogP contribution in [0.2, 0.25) is 5.15 Å². The summed E-state index contributed by atoms with van der Waals surface area (Å²) in [5, 5.41) is 3.65. The molecule has 1 aromatic rings. The Kier molecular flexibility index (Phi) is 1.66. The van der Waals surface area contributed by atoms with Crippen molar-refractivity contribution in [1.82, 2.24) is 9.97 Å². The summed E-state index contributed by atoms with van der Waals surface area (Å²) in [4.78, 5) is 7.95. The topological polar surface area (TPSA) is 37.8 Å². The van der Waals surface area contributed by atoms with E-state index < -0.39 is 0 Å². The van der Waals surface area contributed by atoms with Crippen molar-refractivity contribution >= 4 is 17.4 Å². The van der Waals surface area contributed by atoms with Gasteiger partial charge >= 0.3 is 0 Å². The van der Waals surface area contributed by atoms with Gasteiger partial charge in [-0.15, -0.1) is 0 Å². The summed E-state index contributed by atoms with van der Waals surface area (Å²) < 4.78 is 0. The Morgan fingerprint density at radius 1 is 1.36 bits per heavy atom. The maximum absolute atomic E-state index is 5.56. The Morgan fingerprint density at radius 2 is 2.18 bits per heavy atom. The van der Waals surface area contributed by atoms with Crippen molar-refractivity contribution in [1.29, 1.82) is 0 Å². The molecule has 1 aromatic heterocycles. The minimum atomic E-state index is 0.436. The molecular weight excluding hydrogens is 162 g/mol. The van der Waals surface area contributed by atoms with Crippen LogP contribution in [0.4, 0.5) is 5.82 Å². The van der Waals surface area contributed by atoms with E-state index in [0.717, 1.165) is 5.82 Å². The first-order valence-corrected chi connectivity index (χ1v) is 3.96. The molecule has 0 bridgehead atoms. The number of aromatic nitrogens is 2. The maximum Gasteiger partial charge on any atom is 0.147 e. The van der Waals surface area contributed by atoms with Gasteiger partial charge in [-0.25, -0.2) is 9.97 Å². The monoisotopic (exact) mass is 169 g/mol. The fourth-order valence-electron chi connectivity index (χ4n) is 0.824. The van der Waals surface area contributed by atoms with Gasteiger partial charge in [-0.3, -0.25) is 0 Å². The molecule has 0 saturated heterocycles. The van der Waals surface area contributed by atoms with Gasteiger partial charge in [0, 0.05) is 6.04 Å². The summed E-state index contributed by atoms with van der Waals surface area (Å²) in [6.07, 6.45) is 5.68. The van der Waals surface area contributed by atoms with Crippen molar-refractivity contribution in [3.05, 3.63) is 17.5 Å². The normalized spacial score (nSPS) is 16.5. The molecule has 3 nitrogen and oxygen atoms in total. The van der Waals surface area contributed by atoms with Crippen LogP contribution in [-0.4, -0.2) is 16.0 Å². The zero-order chi connectivity index (χ0) is 7.68. The minimum Gasteiger partial charge on any atom is -0.366 e. The lowest BCUT2D eigenvalue weighted by Gasteiger charge is -2.00. The van der Waals surface area contributed by atoms with Gasteiger partial charge in [-0.05, 0) is 12.8 Å². The fraction of sp³-hybridized carbons (Fsp3) is 0.429. The predicted octanol–water partition coefficient (Wildman–Crippen LogP) is 1.70. The fourth-order valence-corrected chi connectivity index (χ4v) is 0.921. The van der Waals surface area contributed by atoms with Crippen LogP contribution in [0.15, 0.2) is 12.4 Å². The van der Waals surface area contributed by atoms with Crippen LogP contribution in [-0.2, 0) is 0 Å². The Hall–Kier alpha value is -0.830. The van der Waals surface area contributed by atoms with Crippen molar-refractivity contribution in [3.8, 4) is 0 Å². The van der Waals surface area contributed by atoms with E-state index in [4.69, 9.17) is 11.6 Å². The second kappa shape index (κ2) is 2.66. The van der Waals surface area contributed by atoms with Crippen molar-refractivity contribution in [2.75, 3.05) is 5.32 Å². The van der Waals surface area contributed by atoms with Crippen LogP contribution in [0.5, 0.6) is 0 Å². The van der Waals surface area contributed by atoms with Crippen molar-refractivity contribution < 1.29 is 0 Å². The van der Waals surface area contributed by atoms with Crippen molar-refractivity contribution in [2.24, 2.45) is 0 Å². The molecule has 4 heteroatoms. The van der Waals surface area contributed by atoms with Crippen LogP contribution in [0.1, 0.15) is 12.8 Å². The third-order valence-electron chi connectivity index (χ3n) is 1.55. The molecule has 0 aromatic carbocycles. The molecule has 0 atom stereocenters. The molecule has 0 radical (unpaired) electrons. The number of hydrogen-bond donors (Lipinski definition) is 1. The highest BCUT2D eigenvalue weighted by Crippen LogP contribution is 2.23. The highest BCUT2D eigenvalue weighted by molar-refractivity contribution is 6.29. The summed E-state index contributed by atoms with van der Waals surface area (Å²) >= 11 is 5.56. The first-order chi connectivity index (χ1) is 5.34. The number of hydrogen-bond acceptors (Lipinski definition) is 3. The SMILES string of the molecule is Clc1cnc(NC2CC2)cn1. The lowest BCUT2D eigenvalue weighted by molar-refractivity contribution is 1.09. The summed E-state index contributed by atoms with van der Waals surface area (Å²) in [6, 6.07) is 0.616. The van der Waals surface area contributed by atoms with Gasteiger partial charge in [0.1, 0.15) is 11.0 Å². The van der Waals surface area contributed by atoms with E-state index >= 15 is 0 Å². The van der Waals surface area contributed by atoms with Gasteiger partial charge in [0.2, 0.25) is 0 Å². The zero-order valence-electron chi connectivity index (χ0n) is 5.92. The number of halogens is 1. The molecule has 0 amide bonds. The Bertz CT molecular complexity index is 242. The van der Waals surface area contributed by atoms with E-state index in [9.17, 15) is 0 Å². The molecule has 1 aliphatic rings. The van der Waals surface area contributed by atoms with E-state index in [1.54, 1.807) is 12.4 Å². The predicted molar refractivity (Wildman–Crippen MR) is 43.7 cm³/mol. The molecule has 1 N–H and O–H groups in total. The number of anilines is 1. The molecule has 58 valence electrons. The van der Waals surface area contributed by atoms with Crippen molar-refractivity contribution in [3.63, 3.8) is 0 Å². The third-order valence-corrected chi connectivity index (χ3v) is 1.74. The molecule has 11 heavy (non-hydrogen) atoms. The Balaban J connectivity index is 2.06. The van der Waals surface area contributed by atoms with E-state index in [1.165, 1.54) is 12.8 Å². The quantitative estimate of drug-likeness (QED) is 0.733. The molecule has 1 heterocycles. The summed E-state index contributed by atoms with van der Waals surface area (Å²) in [6.45, 7) is 0. The lowest BCUT2D eigenvalue weighted by atomic mass is 10.6. The number of nitrogens with zero attached hydrogens (tertiary/aromatic N) is 2. The van der Waals surface area contributed by atoms with Crippen molar-refractivity contribution in [2.45, 2.75) is 18.9 Å². The summed E-state index contributed by atoms with van der Waals surface area (Å²) in [5.41, 5.74) is 0. The highest BCUT2D eigenvalue weighted by atomic mass is 35.5. The van der Waals surface area contributed by atoms with Gasteiger partial charge in [0.05, 0.1) is 12.4 Å². The average molecular weight is 170 g/mol. The van der Waals surface area contributed by atoms with Gasteiger partial charge in [0.15, 0.2) is 0 Å². The smallest absolute Gasteiger partial charge is 0.147 e. The molecular formula is C7H8ClN3. The molecule has 0 unspecified atom stereocenters. The zero-order valence-corrected chi connectivity index (χ0v) is 6.67. The van der Waals surface area contributed by atoms with Crippen LogP contribution < -0.4 is 5.32 Å². The van der Waals surface area contributed by atoms with E-state index in [0.29, 0.717) is 11.2 Å². The first-order valence-electron chi connectivity index (χ1n) is 3.59. The largest absolute Gasteiger partial charge is 0.366 e. The van der Waals surface area contributed by atoms with Gasteiger partial charge in [-0.2, -0.15) is 0 Å². The third kappa shape index (κ3) is 1.80. The van der Waals surface area contributed by atoms with E-state index in [2.05, 4.69) is 15.3 Å². The molecule has 1 saturated carbocycles. The van der Waals surface area contributed by atoms with Crippen LogP contribution in [0, 0.1) is 0 Å². The first kappa shape index (κ1) is 6.85. The van der Waals surface area contributed by atoms with Crippen LogP contribution in [0.25, 0.3) is 0 Å². The van der Waals surface area contributed by atoms with E-state index in [-0.39, 0.29) is 0 Å². The van der Waals surface area contributed by atoms with Gasteiger partial charge < -0.3 is 5.32 Å². The number of nitrogens with one attached hydrogen (secondary N) is 1. The van der Waals surface area contributed by atoms with Gasteiger partial charge in [-0.1, -0.05) is 11.6 Å². The average Bonchev–Trinajstić information content (AvgIpc) is 2.78. The highest BCUT2D eigenvalue weighted by Gasteiger charge is 2.21. The Labute approximate surface area is 69.8 Å². The van der Waals surface area contributed by atoms with Crippen LogP contribution in [0.3, 0.4) is 0 Å². The molecule has 1 fully saturated rings. The van der Waals surface area contributed by atoms with E-state index in [1.807, 2.05) is 0 Å².